The number of fused-ring (bicyclic) bond motifs is 2. The summed E-state index contributed by atoms with van der Waals surface area (Å²) in [7, 11) is -4.06. The fourth-order valence-corrected chi connectivity index (χ4v) is 6.91. The quantitative estimate of drug-likeness (QED) is 0.390. The van der Waals surface area contributed by atoms with E-state index in [4.69, 9.17) is 0 Å². The van der Waals surface area contributed by atoms with Crippen molar-refractivity contribution in [2.45, 2.75) is 73.2 Å². The fourth-order valence-electron chi connectivity index (χ4n) is 4.88. The minimum atomic E-state index is -4.06. The van der Waals surface area contributed by atoms with E-state index in [1.165, 1.54) is 11.0 Å². The molecule has 12 heteroatoms. The summed E-state index contributed by atoms with van der Waals surface area (Å²) >= 11 is 0.994. The molecule has 4 atom stereocenters. The molecule has 2 aliphatic heterocycles. The average Bonchev–Trinajstić information content (AvgIpc) is 3.22. The van der Waals surface area contributed by atoms with Crippen molar-refractivity contribution in [3.8, 4) is 0 Å². The number of carbonyl (C=O) groups is 4. The molecule has 10 nitrogen and oxygen atoms in total. The largest absolute Gasteiger partial charge is 0.347 e. The number of sulfonamides is 1. The summed E-state index contributed by atoms with van der Waals surface area (Å²) in [5.74, 6) is -1.93. The molecule has 0 unspecified atom stereocenters. The zero-order chi connectivity index (χ0) is 25.1. The van der Waals surface area contributed by atoms with Gasteiger partial charge in [-0.2, -0.15) is 0 Å². The van der Waals surface area contributed by atoms with E-state index < -0.39 is 39.5 Å². The Morgan fingerprint density at radius 1 is 1.20 bits per heavy atom. The van der Waals surface area contributed by atoms with Gasteiger partial charge < -0.3 is 15.5 Å². The molecule has 190 valence electrons. The van der Waals surface area contributed by atoms with Gasteiger partial charge in [0.05, 0.1) is 0 Å². The number of hydrogen-bond donors (Lipinski definition) is 3. The van der Waals surface area contributed by atoms with E-state index in [-0.39, 0.29) is 22.5 Å². The number of carbonyl (C=O) groups excluding carboxylic acids is 4. The summed E-state index contributed by atoms with van der Waals surface area (Å²) in [4.78, 5) is 52.3. The molecule has 1 saturated carbocycles. The first-order valence-corrected chi connectivity index (χ1v) is 14.2. The molecule has 3 N–H and O–H groups in total. The highest BCUT2D eigenvalue weighted by atomic mass is 32.2. The molecule has 3 heterocycles. The second-order valence-corrected chi connectivity index (χ2v) is 12.1. The van der Waals surface area contributed by atoms with Crippen molar-refractivity contribution in [1.82, 2.24) is 20.3 Å². The van der Waals surface area contributed by atoms with Crippen LogP contribution in [-0.4, -0.2) is 61.6 Å². The standard InChI is InChI=1S/C23H30N4O6S2/c28-15-24-17-9-5-3-1-2-4-8-16-14-23(16,22(31)26-35(32,33)19-11-7-13-34-19)25-20(29)18-10-6-12-27(18)21(17)30/h4,7-8,11,13,15-18H,1-3,5-6,9-10,12,14H2,(H,24,28)(H,25,29)(H,26,31)/b8-4-/t16-,17+,18+,23-/m1/s1. The number of nitrogens with zero attached hydrogens (tertiary/aromatic N) is 1. The molecule has 1 aliphatic carbocycles. The van der Waals surface area contributed by atoms with Crippen LogP contribution in [0.5, 0.6) is 0 Å². The molecule has 3 aliphatic rings. The molecule has 0 bridgehead atoms. The van der Waals surface area contributed by atoms with Crippen molar-refractivity contribution in [3.63, 3.8) is 0 Å². The molecule has 4 amide bonds. The van der Waals surface area contributed by atoms with Crippen LogP contribution in [0.25, 0.3) is 0 Å². The molecular formula is C23H30N4O6S2. The number of rotatable bonds is 5. The van der Waals surface area contributed by atoms with Crippen molar-refractivity contribution in [3.05, 3.63) is 29.7 Å². The van der Waals surface area contributed by atoms with Gasteiger partial charge in [0.25, 0.3) is 15.9 Å². The molecule has 4 rings (SSSR count). The van der Waals surface area contributed by atoms with Gasteiger partial charge in [-0.05, 0) is 50.0 Å². The van der Waals surface area contributed by atoms with Gasteiger partial charge in [0, 0.05) is 12.5 Å². The van der Waals surface area contributed by atoms with Gasteiger partial charge in [-0.3, -0.25) is 19.2 Å². The second-order valence-electron chi connectivity index (χ2n) is 9.23. The van der Waals surface area contributed by atoms with Crippen LogP contribution in [-0.2, 0) is 29.2 Å². The van der Waals surface area contributed by atoms with Gasteiger partial charge >= 0.3 is 0 Å². The van der Waals surface area contributed by atoms with E-state index in [2.05, 4.69) is 15.4 Å². The normalized spacial score (nSPS) is 30.6. The maximum Gasteiger partial charge on any atom is 0.273 e. The third-order valence-electron chi connectivity index (χ3n) is 6.89. The first-order valence-electron chi connectivity index (χ1n) is 11.9. The van der Waals surface area contributed by atoms with Crippen molar-refractivity contribution >= 4 is 45.5 Å². The van der Waals surface area contributed by atoms with Gasteiger partial charge in [0.2, 0.25) is 18.2 Å². The highest BCUT2D eigenvalue weighted by Crippen LogP contribution is 2.45. The number of allylic oxidation sites excluding steroid dienone is 1. The van der Waals surface area contributed by atoms with Crippen molar-refractivity contribution in [2.75, 3.05) is 6.54 Å². The van der Waals surface area contributed by atoms with Crippen LogP contribution < -0.4 is 15.4 Å². The lowest BCUT2D eigenvalue weighted by atomic mass is 10.1. The summed E-state index contributed by atoms with van der Waals surface area (Å²) in [6.07, 6.45) is 9.38. The van der Waals surface area contributed by atoms with E-state index in [1.54, 1.807) is 11.4 Å². The maximum absolute atomic E-state index is 13.3. The van der Waals surface area contributed by atoms with Crippen molar-refractivity contribution in [2.24, 2.45) is 5.92 Å². The summed E-state index contributed by atoms with van der Waals surface area (Å²) in [6.45, 7) is 0.378. The first kappa shape index (κ1) is 25.4. The van der Waals surface area contributed by atoms with E-state index >= 15 is 0 Å². The number of hydrogen-bond acceptors (Lipinski definition) is 7. The predicted molar refractivity (Wildman–Crippen MR) is 129 cm³/mol. The highest BCUT2D eigenvalue weighted by molar-refractivity contribution is 7.92. The Bertz CT molecular complexity index is 1100. The molecule has 0 radical (unpaired) electrons. The predicted octanol–water partition coefficient (Wildman–Crippen LogP) is 1.05. The van der Waals surface area contributed by atoms with Crippen LogP contribution in [0.1, 0.15) is 51.4 Å². The van der Waals surface area contributed by atoms with Crippen LogP contribution in [0, 0.1) is 5.92 Å². The summed E-state index contributed by atoms with van der Waals surface area (Å²) in [5, 5.41) is 6.99. The molecule has 1 aromatic heterocycles. The third-order valence-corrected chi connectivity index (χ3v) is 9.62. The number of thiophene rings is 1. The number of nitrogens with one attached hydrogen (secondary N) is 3. The molecule has 2 fully saturated rings. The number of amides is 4. The van der Waals surface area contributed by atoms with Gasteiger partial charge in [-0.15, -0.1) is 11.3 Å². The Balaban J connectivity index is 1.58. The molecule has 35 heavy (non-hydrogen) atoms. The Morgan fingerprint density at radius 2 is 2.03 bits per heavy atom. The first-order chi connectivity index (χ1) is 16.8. The monoisotopic (exact) mass is 522 g/mol. The lowest BCUT2D eigenvalue weighted by molar-refractivity contribution is -0.141. The van der Waals surface area contributed by atoms with Crippen molar-refractivity contribution in [1.29, 1.82) is 0 Å². The second kappa shape index (κ2) is 10.5. The zero-order valence-electron chi connectivity index (χ0n) is 19.3. The molecule has 0 aromatic carbocycles. The Morgan fingerprint density at radius 3 is 2.77 bits per heavy atom. The van der Waals surface area contributed by atoms with Crippen LogP contribution in [0.3, 0.4) is 0 Å². The van der Waals surface area contributed by atoms with Gasteiger partial charge in [-0.1, -0.05) is 31.1 Å². The van der Waals surface area contributed by atoms with Crippen LogP contribution in [0.15, 0.2) is 33.9 Å². The Labute approximate surface area is 208 Å². The van der Waals surface area contributed by atoms with Crippen LogP contribution in [0.2, 0.25) is 0 Å². The summed E-state index contributed by atoms with van der Waals surface area (Å²) < 4.78 is 27.5. The van der Waals surface area contributed by atoms with Gasteiger partial charge in [0.1, 0.15) is 21.8 Å². The van der Waals surface area contributed by atoms with E-state index in [9.17, 15) is 27.6 Å². The summed E-state index contributed by atoms with van der Waals surface area (Å²) in [6, 6.07) is 1.49. The molecule has 0 spiro atoms. The van der Waals surface area contributed by atoms with E-state index in [0.29, 0.717) is 32.2 Å². The smallest absolute Gasteiger partial charge is 0.273 e. The minimum Gasteiger partial charge on any atom is -0.347 e. The van der Waals surface area contributed by atoms with E-state index in [1.807, 2.05) is 12.2 Å². The minimum absolute atomic E-state index is 0.0137. The maximum atomic E-state index is 13.3. The summed E-state index contributed by atoms with van der Waals surface area (Å²) in [5.41, 5.74) is -1.39. The zero-order valence-corrected chi connectivity index (χ0v) is 20.9. The van der Waals surface area contributed by atoms with Gasteiger partial charge in [0.15, 0.2) is 0 Å². The van der Waals surface area contributed by atoms with Crippen LogP contribution in [0.4, 0.5) is 0 Å². The van der Waals surface area contributed by atoms with Crippen LogP contribution >= 0.6 is 11.3 Å². The average molecular weight is 523 g/mol. The fraction of sp³-hybridized carbons (Fsp3) is 0.565. The lowest BCUT2D eigenvalue weighted by Crippen LogP contribution is -2.57. The van der Waals surface area contributed by atoms with Gasteiger partial charge in [-0.25, -0.2) is 13.1 Å². The lowest BCUT2D eigenvalue weighted by Gasteiger charge is -2.29. The third kappa shape index (κ3) is 5.43. The molecule has 1 aromatic rings. The molecular weight excluding hydrogens is 492 g/mol. The van der Waals surface area contributed by atoms with Crippen molar-refractivity contribution < 1.29 is 27.6 Å². The topological polar surface area (TPSA) is 142 Å². The Hall–Kier alpha value is -2.73. The SMILES string of the molecule is O=CN[C@H]1CCCCC/C=C\[C@@H]2C[C@@]2(C(=O)NS(=O)(=O)c2cccs2)NC(=O)[C@@H]2CCCN2C1=O. The van der Waals surface area contributed by atoms with E-state index in [0.717, 1.165) is 37.0 Å². The highest BCUT2D eigenvalue weighted by Gasteiger charge is 2.61. The molecule has 1 saturated heterocycles. The Kier molecular flexibility index (Phi) is 7.60.